The Labute approximate surface area is 123 Å². The van der Waals surface area contributed by atoms with Gasteiger partial charge in [-0.3, -0.25) is 4.79 Å². The average Bonchev–Trinajstić information content (AvgIpc) is 2.49. The number of aryl methyl sites for hydroxylation is 1. The molecule has 0 heterocycles. The number of hydrogen-bond acceptors (Lipinski definition) is 2. The van der Waals surface area contributed by atoms with E-state index in [1.54, 1.807) is 12.1 Å². The van der Waals surface area contributed by atoms with Crippen molar-refractivity contribution in [1.82, 2.24) is 0 Å². The maximum Gasteiger partial charge on any atom is 0.262 e. The molecule has 0 unspecified atom stereocenters. The second kappa shape index (κ2) is 7.43. The predicted molar refractivity (Wildman–Crippen MR) is 81.0 cm³/mol. The van der Waals surface area contributed by atoms with E-state index in [2.05, 4.69) is 12.2 Å². The van der Waals surface area contributed by atoms with E-state index in [0.29, 0.717) is 5.69 Å². The molecule has 0 atom stereocenters. The molecule has 1 N–H and O–H groups in total. The average molecular weight is 287 g/mol. The second-order valence-electron chi connectivity index (χ2n) is 4.71. The summed E-state index contributed by atoms with van der Waals surface area (Å²) in [6.45, 7) is 1.90. The van der Waals surface area contributed by atoms with Crippen molar-refractivity contribution in [2.45, 2.75) is 19.8 Å². The third-order valence-corrected chi connectivity index (χ3v) is 2.97. The third-order valence-electron chi connectivity index (χ3n) is 2.97. The highest BCUT2D eigenvalue weighted by Crippen LogP contribution is 2.15. The van der Waals surface area contributed by atoms with Gasteiger partial charge < -0.3 is 10.1 Å². The van der Waals surface area contributed by atoms with Gasteiger partial charge in [0.05, 0.1) is 0 Å². The number of ether oxygens (including phenoxy) is 1. The molecule has 2 aromatic carbocycles. The van der Waals surface area contributed by atoms with Gasteiger partial charge in [-0.15, -0.1) is 0 Å². The largest absolute Gasteiger partial charge is 0.481 e. The molecule has 0 aliphatic carbocycles. The normalized spacial score (nSPS) is 10.2. The quantitative estimate of drug-likeness (QED) is 0.877. The number of anilines is 1. The highest BCUT2D eigenvalue weighted by Gasteiger charge is 2.06. The molecule has 110 valence electrons. The van der Waals surface area contributed by atoms with Crippen molar-refractivity contribution >= 4 is 11.6 Å². The van der Waals surface area contributed by atoms with Gasteiger partial charge in [0.2, 0.25) is 0 Å². The monoisotopic (exact) mass is 287 g/mol. The van der Waals surface area contributed by atoms with Gasteiger partial charge in [0.25, 0.3) is 5.91 Å². The molecule has 4 heteroatoms. The number of nitrogens with one attached hydrogen (secondary N) is 1. The van der Waals surface area contributed by atoms with E-state index in [0.717, 1.165) is 12.8 Å². The molecular weight excluding hydrogens is 269 g/mol. The van der Waals surface area contributed by atoms with Crippen LogP contribution >= 0.6 is 0 Å². The van der Waals surface area contributed by atoms with Gasteiger partial charge in [-0.2, -0.15) is 0 Å². The minimum Gasteiger partial charge on any atom is -0.481 e. The minimum absolute atomic E-state index is 0.0749. The summed E-state index contributed by atoms with van der Waals surface area (Å²) >= 11 is 0. The number of benzene rings is 2. The summed E-state index contributed by atoms with van der Waals surface area (Å²) in [5.41, 5.74) is 1.94. The zero-order chi connectivity index (χ0) is 15.1. The van der Waals surface area contributed by atoms with Gasteiger partial charge >= 0.3 is 0 Å². The van der Waals surface area contributed by atoms with E-state index in [1.807, 2.05) is 24.3 Å². The molecule has 0 bridgehead atoms. The maximum absolute atomic E-state index is 13.3. The van der Waals surface area contributed by atoms with Gasteiger partial charge in [0.15, 0.2) is 18.2 Å². The molecule has 3 nitrogen and oxygen atoms in total. The lowest BCUT2D eigenvalue weighted by Crippen LogP contribution is -2.20. The fraction of sp³-hybridized carbons (Fsp3) is 0.235. The van der Waals surface area contributed by atoms with Crippen molar-refractivity contribution in [3.05, 3.63) is 59.9 Å². The van der Waals surface area contributed by atoms with Crippen LogP contribution in [0.15, 0.2) is 48.5 Å². The van der Waals surface area contributed by atoms with Crippen LogP contribution in [0.4, 0.5) is 10.1 Å². The zero-order valence-electron chi connectivity index (χ0n) is 11.9. The fourth-order valence-corrected chi connectivity index (χ4v) is 1.95. The molecule has 0 radical (unpaired) electrons. The standard InChI is InChI=1S/C17H18FNO2/c1-2-5-13-8-10-14(11-9-13)19-17(20)12-21-16-7-4-3-6-15(16)18/h3-4,6-11H,2,5,12H2,1H3,(H,19,20). The van der Waals surface area contributed by atoms with Gasteiger partial charge in [-0.1, -0.05) is 37.6 Å². The molecule has 0 saturated carbocycles. The Morgan fingerprint density at radius 2 is 1.86 bits per heavy atom. The lowest BCUT2D eigenvalue weighted by Gasteiger charge is -2.08. The number of halogens is 1. The molecule has 0 aliphatic rings. The first-order valence-corrected chi connectivity index (χ1v) is 6.95. The van der Waals surface area contributed by atoms with Crippen molar-refractivity contribution in [3.63, 3.8) is 0 Å². The molecule has 0 aliphatic heterocycles. The Balaban J connectivity index is 1.85. The molecule has 2 aromatic rings. The van der Waals surface area contributed by atoms with Crippen LogP contribution in [0.1, 0.15) is 18.9 Å². The summed E-state index contributed by atoms with van der Waals surface area (Å²) in [4.78, 5) is 11.7. The Hall–Kier alpha value is -2.36. The number of carbonyl (C=O) groups excluding carboxylic acids is 1. The van der Waals surface area contributed by atoms with Crippen molar-refractivity contribution in [3.8, 4) is 5.75 Å². The summed E-state index contributed by atoms with van der Waals surface area (Å²) < 4.78 is 18.5. The number of hydrogen-bond donors (Lipinski definition) is 1. The van der Waals surface area contributed by atoms with Crippen molar-refractivity contribution in [2.24, 2.45) is 0 Å². The van der Waals surface area contributed by atoms with E-state index in [9.17, 15) is 9.18 Å². The molecule has 0 fully saturated rings. The topological polar surface area (TPSA) is 38.3 Å². The van der Waals surface area contributed by atoms with Crippen LogP contribution in [0.3, 0.4) is 0 Å². The highest BCUT2D eigenvalue weighted by atomic mass is 19.1. The minimum atomic E-state index is -0.478. The number of carbonyl (C=O) groups is 1. The summed E-state index contributed by atoms with van der Waals surface area (Å²) in [5, 5.41) is 2.71. The van der Waals surface area contributed by atoms with Crippen LogP contribution in [-0.4, -0.2) is 12.5 Å². The van der Waals surface area contributed by atoms with E-state index in [1.165, 1.54) is 17.7 Å². The summed E-state index contributed by atoms with van der Waals surface area (Å²) in [6.07, 6.45) is 2.10. The van der Waals surface area contributed by atoms with E-state index in [4.69, 9.17) is 4.74 Å². The second-order valence-corrected chi connectivity index (χ2v) is 4.71. The molecule has 0 saturated heterocycles. The summed E-state index contributed by atoms with van der Waals surface area (Å²) in [7, 11) is 0. The molecular formula is C17H18FNO2. The van der Waals surface area contributed by atoms with Crippen LogP contribution < -0.4 is 10.1 Å². The van der Waals surface area contributed by atoms with Crippen molar-refractivity contribution < 1.29 is 13.9 Å². The zero-order valence-corrected chi connectivity index (χ0v) is 11.9. The van der Waals surface area contributed by atoms with Gasteiger partial charge in [-0.05, 0) is 36.2 Å². The number of amides is 1. The van der Waals surface area contributed by atoms with Gasteiger partial charge in [-0.25, -0.2) is 4.39 Å². The Morgan fingerprint density at radius 1 is 1.14 bits per heavy atom. The van der Waals surface area contributed by atoms with Crippen LogP contribution in [-0.2, 0) is 11.2 Å². The van der Waals surface area contributed by atoms with E-state index in [-0.39, 0.29) is 18.3 Å². The Bertz CT molecular complexity index is 596. The van der Waals surface area contributed by atoms with Crippen LogP contribution in [0.2, 0.25) is 0 Å². The number of para-hydroxylation sites is 1. The smallest absolute Gasteiger partial charge is 0.262 e. The molecule has 0 spiro atoms. The maximum atomic E-state index is 13.3. The van der Waals surface area contributed by atoms with Gasteiger partial charge in [0, 0.05) is 5.69 Å². The van der Waals surface area contributed by atoms with Crippen LogP contribution in [0, 0.1) is 5.82 Å². The predicted octanol–water partition coefficient (Wildman–Crippen LogP) is 3.80. The third kappa shape index (κ3) is 4.60. The highest BCUT2D eigenvalue weighted by molar-refractivity contribution is 5.91. The summed E-state index contributed by atoms with van der Waals surface area (Å²) in [5.74, 6) is -0.721. The Morgan fingerprint density at radius 3 is 2.52 bits per heavy atom. The first kappa shape index (κ1) is 15.0. The lowest BCUT2D eigenvalue weighted by atomic mass is 10.1. The SMILES string of the molecule is CCCc1ccc(NC(=O)COc2ccccc2F)cc1. The van der Waals surface area contributed by atoms with Crippen molar-refractivity contribution in [1.29, 1.82) is 0 Å². The van der Waals surface area contributed by atoms with E-state index >= 15 is 0 Å². The van der Waals surface area contributed by atoms with E-state index < -0.39 is 5.82 Å². The van der Waals surface area contributed by atoms with Crippen LogP contribution in [0.25, 0.3) is 0 Å². The first-order valence-electron chi connectivity index (χ1n) is 6.95. The molecule has 1 amide bonds. The first-order chi connectivity index (χ1) is 10.2. The molecule has 2 rings (SSSR count). The van der Waals surface area contributed by atoms with Crippen molar-refractivity contribution in [2.75, 3.05) is 11.9 Å². The number of rotatable bonds is 6. The lowest BCUT2D eigenvalue weighted by molar-refractivity contribution is -0.118. The molecule has 0 aromatic heterocycles. The van der Waals surface area contributed by atoms with Crippen LogP contribution in [0.5, 0.6) is 5.75 Å². The Kier molecular flexibility index (Phi) is 5.32. The molecule has 21 heavy (non-hydrogen) atoms. The fourth-order valence-electron chi connectivity index (χ4n) is 1.95. The van der Waals surface area contributed by atoms with Gasteiger partial charge in [0.1, 0.15) is 0 Å². The summed E-state index contributed by atoms with van der Waals surface area (Å²) in [6, 6.07) is 13.7.